The standard InChI is InChI=1S/C20H20ClN3O2/c21-17-7-1-4-15(14-17)9-11-23-20(25)24-12-13-26-18-8-2-5-16-6-3-10-22-19(16)18/h1-8,10,14H,9,11-13H2,(H2,23,24,25). The van der Waals surface area contributed by atoms with Crippen LogP contribution in [0.15, 0.2) is 60.8 Å². The number of fused-ring (bicyclic) bond motifs is 1. The Kier molecular flexibility index (Phi) is 6.28. The second-order valence-corrected chi connectivity index (χ2v) is 6.18. The maximum atomic E-state index is 11.8. The summed E-state index contributed by atoms with van der Waals surface area (Å²) in [6.45, 7) is 1.32. The van der Waals surface area contributed by atoms with Crippen LogP contribution >= 0.6 is 11.6 Å². The highest BCUT2D eigenvalue weighted by molar-refractivity contribution is 6.30. The second-order valence-electron chi connectivity index (χ2n) is 5.74. The number of carbonyl (C=O) groups excluding carboxylic acids is 1. The summed E-state index contributed by atoms with van der Waals surface area (Å²) in [7, 11) is 0. The molecule has 1 heterocycles. The van der Waals surface area contributed by atoms with E-state index >= 15 is 0 Å². The van der Waals surface area contributed by atoms with Crippen molar-refractivity contribution in [3.05, 3.63) is 71.4 Å². The first-order chi connectivity index (χ1) is 12.7. The van der Waals surface area contributed by atoms with E-state index in [2.05, 4.69) is 15.6 Å². The summed E-state index contributed by atoms with van der Waals surface area (Å²) in [5, 5.41) is 7.32. The zero-order valence-electron chi connectivity index (χ0n) is 14.2. The molecule has 0 radical (unpaired) electrons. The van der Waals surface area contributed by atoms with E-state index in [-0.39, 0.29) is 6.03 Å². The average Bonchev–Trinajstić information content (AvgIpc) is 2.65. The molecule has 2 amide bonds. The molecule has 0 saturated carbocycles. The molecule has 26 heavy (non-hydrogen) atoms. The van der Waals surface area contributed by atoms with Gasteiger partial charge < -0.3 is 15.4 Å². The highest BCUT2D eigenvalue weighted by Gasteiger charge is 2.04. The number of ether oxygens (including phenoxy) is 1. The third-order valence-corrected chi connectivity index (χ3v) is 4.06. The topological polar surface area (TPSA) is 63.2 Å². The highest BCUT2D eigenvalue weighted by Crippen LogP contribution is 2.22. The van der Waals surface area contributed by atoms with Crippen molar-refractivity contribution in [2.75, 3.05) is 19.7 Å². The summed E-state index contributed by atoms with van der Waals surface area (Å²) < 4.78 is 5.74. The van der Waals surface area contributed by atoms with E-state index in [1.807, 2.05) is 54.6 Å². The molecule has 5 nitrogen and oxygen atoms in total. The number of hydrogen-bond donors (Lipinski definition) is 2. The van der Waals surface area contributed by atoms with Gasteiger partial charge in [0.05, 0.1) is 6.54 Å². The fourth-order valence-corrected chi connectivity index (χ4v) is 2.81. The molecule has 0 atom stereocenters. The van der Waals surface area contributed by atoms with Crippen molar-refractivity contribution in [2.24, 2.45) is 0 Å². The van der Waals surface area contributed by atoms with Crippen LogP contribution in [0.5, 0.6) is 5.75 Å². The number of carbonyl (C=O) groups is 1. The summed E-state index contributed by atoms with van der Waals surface area (Å²) in [6.07, 6.45) is 2.47. The van der Waals surface area contributed by atoms with Gasteiger partial charge in [-0.2, -0.15) is 0 Å². The van der Waals surface area contributed by atoms with Crippen LogP contribution in [0.2, 0.25) is 5.02 Å². The number of hydrogen-bond acceptors (Lipinski definition) is 3. The molecule has 0 aliphatic carbocycles. The van der Waals surface area contributed by atoms with E-state index in [9.17, 15) is 4.79 Å². The molecule has 3 aromatic rings. The monoisotopic (exact) mass is 369 g/mol. The number of pyridine rings is 1. The van der Waals surface area contributed by atoms with Crippen molar-refractivity contribution < 1.29 is 9.53 Å². The van der Waals surface area contributed by atoms with E-state index in [1.54, 1.807) is 6.20 Å². The van der Waals surface area contributed by atoms with Gasteiger partial charge in [-0.05, 0) is 36.2 Å². The van der Waals surface area contributed by atoms with Gasteiger partial charge in [-0.1, -0.05) is 41.9 Å². The molecule has 2 aromatic carbocycles. The molecule has 0 unspecified atom stereocenters. The van der Waals surface area contributed by atoms with Crippen LogP contribution in [0.3, 0.4) is 0 Å². The summed E-state index contributed by atoms with van der Waals surface area (Å²) in [5.41, 5.74) is 1.91. The number of aromatic nitrogens is 1. The van der Waals surface area contributed by atoms with Gasteiger partial charge in [0.1, 0.15) is 17.9 Å². The molecular formula is C20H20ClN3O2. The van der Waals surface area contributed by atoms with Gasteiger partial charge in [-0.3, -0.25) is 4.98 Å². The predicted octanol–water partition coefficient (Wildman–Crippen LogP) is 3.81. The quantitative estimate of drug-likeness (QED) is 0.622. The lowest BCUT2D eigenvalue weighted by molar-refractivity contribution is 0.237. The normalized spacial score (nSPS) is 10.5. The summed E-state index contributed by atoms with van der Waals surface area (Å²) in [5.74, 6) is 0.714. The van der Waals surface area contributed by atoms with E-state index in [1.165, 1.54) is 0 Å². The van der Waals surface area contributed by atoms with Gasteiger partial charge in [-0.15, -0.1) is 0 Å². The van der Waals surface area contributed by atoms with Crippen molar-refractivity contribution in [3.8, 4) is 5.75 Å². The van der Waals surface area contributed by atoms with E-state index in [4.69, 9.17) is 16.3 Å². The molecular weight excluding hydrogens is 350 g/mol. The van der Waals surface area contributed by atoms with Crippen molar-refractivity contribution in [1.29, 1.82) is 0 Å². The van der Waals surface area contributed by atoms with E-state index in [0.717, 1.165) is 22.9 Å². The molecule has 0 aliphatic rings. The molecule has 1 aromatic heterocycles. The van der Waals surface area contributed by atoms with Gasteiger partial charge in [0.25, 0.3) is 0 Å². The summed E-state index contributed by atoms with van der Waals surface area (Å²) in [4.78, 5) is 16.1. The Morgan fingerprint density at radius 2 is 1.85 bits per heavy atom. The maximum absolute atomic E-state index is 11.8. The number of nitrogens with one attached hydrogen (secondary N) is 2. The Labute approximate surface area is 157 Å². The lowest BCUT2D eigenvalue weighted by Gasteiger charge is -2.10. The number of benzene rings is 2. The lowest BCUT2D eigenvalue weighted by atomic mass is 10.1. The number of urea groups is 1. The van der Waals surface area contributed by atoms with Crippen molar-refractivity contribution in [2.45, 2.75) is 6.42 Å². The largest absolute Gasteiger partial charge is 0.489 e. The third kappa shape index (κ3) is 5.10. The van der Waals surface area contributed by atoms with E-state index in [0.29, 0.717) is 30.5 Å². The zero-order valence-corrected chi connectivity index (χ0v) is 15.0. The first-order valence-electron chi connectivity index (χ1n) is 8.45. The Hall–Kier alpha value is -2.79. The predicted molar refractivity (Wildman–Crippen MR) is 104 cm³/mol. The summed E-state index contributed by atoms with van der Waals surface area (Å²) in [6, 6.07) is 17.1. The molecule has 3 rings (SSSR count). The van der Waals surface area contributed by atoms with Crippen LogP contribution in [0.1, 0.15) is 5.56 Å². The Morgan fingerprint density at radius 3 is 2.73 bits per heavy atom. The number of rotatable bonds is 7. The van der Waals surface area contributed by atoms with Gasteiger partial charge in [0, 0.05) is 23.2 Å². The molecule has 0 spiro atoms. The molecule has 2 N–H and O–H groups in total. The van der Waals surface area contributed by atoms with E-state index < -0.39 is 0 Å². The van der Waals surface area contributed by atoms with Crippen LogP contribution in [0, 0.1) is 0 Å². The summed E-state index contributed by atoms with van der Waals surface area (Å²) >= 11 is 5.94. The minimum Gasteiger partial charge on any atom is -0.489 e. The molecule has 134 valence electrons. The molecule has 0 fully saturated rings. The number of amides is 2. The van der Waals surface area contributed by atoms with Gasteiger partial charge in [0.2, 0.25) is 0 Å². The minimum atomic E-state index is -0.216. The minimum absolute atomic E-state index is 0.216. The third-order valence-electron chi connectivity index (χ3n) is 3.83. The van der Waals surface area contributed by atoms with Gasteiger partial charge in [0.15, 0.2) is 0 Å². The SMILES string of the molecule is O=C(NCCOc1cccc2cccnc12)NCCc1cccc(Cl)c1. The number of para-hydroxylation sites is 1. The van der Waals surface area contributed by atoms with Crippen molar-refractivity contribution in [1.82, 2.24) is 15.6 Å². The first-order valence-corrected chi connectivity index (χ1v) is 8.83. The van der Waals surface area contributed by atoms with Crippen LogP contribution in [0.4, 0.5) is 4.79 Å². The highest BCUT2D eigenvalue weighted by atomic mass is 35.5. The van der Waals surface area contributed by atoms with Gasteiger partial charge >= 0.3 is 6.03 Å². The second kappa shape index (κ2) is 9.06. The first kappa shape index (κ1) is 18.0. The van der Waals surface area contributed by atoms with Crippen LogP contribution in [-0.2, 0) is 6.42 Å². The Morgan fingerprint density at radius 1 is 1.04 bits per heavy atom. The van der Waals surface area contributed by atoms with Crippen molar-refractivity contribution >= 4 is 28.5 Å². The number of nitrogens with zero attached hydrogens (tertiary/aromatic N) is 1. The van der Waals surface area contributed by atoms with Gasteiger partial charge in [-0.25, -0.2) is 4.79 Å². The van der Waals surface area contributed by atoms with Crippen LogP contribution < -0.4 is 15.4 Å². The fraction of sp³-hybridized carbons (Fsp3) is 0.200. The molecule has 0 aliphatic heterocycles. The Bertz CT molecular complexity index is 880. The average molecular weight is 370 g/mol. The molecule has 0 bridgehead atoms. The van der Waals surface area contributed by atoms with Crippen LogP contribution in [0.25, 0.3) is 10.9 Å². The number of halogens is 1. The zero-order chi connectivity index (χ0) is 18.2. The van der Waals surface area contributed by atoms with Crippen molar-refractivity contribution in [3.63, 3.8) is 0 Å². The Balaban J connectivity index is 1.37. The lowest BCUT2D eigenvalue weighted by Crippen LogP contribution is -2.38. The maximum Gasteiger partial charge on any atom is 0.314 e. The molecule has 0 saturated heterocycles. The smallest absolute Gasteiger partial charge is 0.314 e. The van der Waals surface area contributed by atoms with Crippen LogP contribution in [-0.4, -0.2) is 30.7 Å². The fourth-order valence-electron chi connectivity index (χ4n) is 2.59. The molecule has 6 heteroatoms.